The number of rotatable bonds is 7. The fourth-order valence-corrected chi connectivity index (χ4v) is 3.56. The smallest absolute Gasteiger partial charge is 0.237 e. The van der Waals surface area contributed by atoms with E-state index >= 15 is 0 Å². The molecule has 134 valence electrons. The first-order chi connectivity index (χ1) is 12.0. The Bertz CT molecular complexity index is 755. The highest BCUT2D eigenvalue weighted by molar-refractivity contribution is 8.00. The number of benzene rings is 1. The highest BCUT2D eigenvalue weighted by atomic mass is 32.2. The lowest BCUT2D eigenvalue weighted by Crippen LogP contribution is -2.23. The zero-order chi connectivity index (χ0) is 18.0. The van der Waals surface area contributed by atoms with Crippen molar-refractivity contribution in [1.29, 1.82) is 0 Å². The van der Waals surface area contributed by atoms with Crippen LogP contribution >= 0.6 is 11.8 Å². The molecule has 3 rings (SSSR count). The fraction of sp³-hybridized carbons (Fsp3) is 0.500. The lowest BCUT2D eigenvalue weighted by atomic mass is 10.2. The van der Waals surface area contributed by atoms with Gasteiger partial charge in [0.1, 0.15) is 11.6 Å². The topological polar surface area (TPSA) is 69.0 Å². The number of thioether (sulfide) groups is 1. The lowest BCUT2D eigenvalue weighted by Gasteiger charge is -2.15. The van der Waals surface area contributed by atoms with Crippen molar-refractivity contribution in [1.82, 2.24) is 14.8 Å². The van der Waals surface area contributed by atoms with E-state index in [2.05, 4.69) is 33.9 Å². The maximum absolute atomic E-state index is 12.6. The average molecular weight is 360 g/mol. The van der Waals surface area contributed by atoms with E-state index in [0.29, 0.717) is 23.4 Å². The number of carbonyl (C=O) groups is 1. The van der Waals surface area contributed by atoms with Crippen LogP contribution in [0, 0.1) is 0 Å². The Morgan fingerprint density at radius 3 is 2.64 bits per heavy atom. The molecule has 1 aliphatic carbocycles. The molecule has 0 spiro atoms. The van der Waals surface area contributed by atoms with E-state index in [1.54, 1.807) is 7.11 Å². The molecule has 0 radical (unpaired) electrons. The Hall–Kier alpha value is -2.02. The summed E-state index contributed by atoms with van der Waals surface area (Å²) in [4.78, 5) is 12.6. The molecule has 0 aliphatic heterocycles. The van der Waals surface area contributed by atoms with Crippen LogP contribution < -0.4 is 10.1 Å². The normalized spacial score (nSPS) is 15.2. The van der Waals surface area contributed by atoms with Crippen molar-refractivity contribution < 1.29 is 9.53 Å². The van der Waals surface area contributed by atoms with Crippen LogP contribution in [0.4, 0.5) is 5.69 Å². The summed E-state index contributed by atoms with van der Waals surface area (Å²) in [6.45, 7) is 6.13. The van der Waals surface area contributed by atoms with Crippen LogP contribution in [-0.4, -0.2) is 33.0 Å². The van der Waals surface area contributed by atoms with Crippen LogP contribution in [0.2, 0.25) is 0 Å². The summed E-state index contributed by atoms with van der Waals surface area (Å²) < 4.78 is 7.50. The first kappa shape index (κ1) is 17.8. The third-order valence-electron chi connectivity index (χ3n) is 4.14. The van der Waals surface area contributed by atoms with Gasteiger partial charge in [0.05, 0.1) is 18.0 Å². The standard InChI is InChI=1S/C18H24N4O2S/c1-11(2)16-20-21-18(22(16)13-9-10-13)25-12(3)17(23)19-14-7-5-6-8-15(14)24-4/h5-8,11-13H,9-10H2,1-4H3,(H,19,23)/t12-/m0/s1. The van der Waals surface area contributed by atoms with Gasteiger partial charge in [0.25, 0.3) is 0 Å². The van der Waals surface area contributed by atoms with Crippen LogP contribution in [0.3, 0.4) is 0 Å². The number of ether oxygens (including phenoxy) is 1. The van der Waals surface area contributed by atoms with Gasteiger partial charge in [0.15, 0.2) is 5.16 Å². The average Bonchev–Trinajstić information content (AvgIpc) is 3.35. The Kier molecular flexibility index (Phi) is 5.32. The molecule has 0 unspecified atom stereocenters. The molecule has 1 aromatic heterocycles. The number of hydrogen-bond acceptors (Lipinski definition) is 5. The van der Waals surface area contributed by atoms with Crippen molar-refractivity contribution in [2.24, 2.45) is 0 Å². The summed E-state index contributed by atoms with van der Waals surface area (Å²) in [7, 11) is 1.59. The predicted molar refractivity (Wildman–Crippen MR) is 99.3 cm³/mol. The minimum Gasteiger partial charge on any atom is -0.495 e. The van der Waals surface area contributed by atoms with E-state index in [4.69, 9.17) is 4.74 Å². The number of anilines is 1. The molecule has 1 heterocycles. The van der Waals surface area contributed by atoms with Crippen LogP contribution in [0.1, 0.15) is 51.4 Å². The zero-order valence-corrected chi connectivity index (χ0v) is 15.8. The minimum absolute atomic E-state index is 0.0778. The van der Waals surface area contributed by atoms with Crippen molar-refractivity contribution in [3.63, 3.8) is 0 Å². The van der Waals surface area contributed by atoms with Gasteiger partial charge < -0.3 is 14.6 Å². The second-order valence-corrected chi connectivity index (χ2v) is 7.85. The van der Waals surface area contributed by atoms with Crippen molar-refractivity contribution in [2.45, 2.75) is 56.0 Å². The molecule has 1 aliphatic rings. The Labute approximate surface area is 152 Å². The summed E-state index contributed by atoms with van der Waals surface area (Å²) in [6, 6.07) is 7.88. The molecule has 1 saturated carbocycles. The molecule has 0 bridgehead atoms. The maximum atomic E-state index is 12.6. The molecule has 7 heteroatoms. The molecular weight excluding hydrogens is 336 g/mol. The monoisotopic (exact) mass is 360 g/mol. The van der Waals surface area contributed by atoms with Gasteiger partial charge in [-0.1, -0.05) is 37.7 Å². The summed E-state index contributed by atoms with van der Waals surface area (Å²) in [6.07, 6.45) is 2.32. The molecule has 1 N–H and O–H groups in total. The van der Waals surface area contributed by atoms with Gasteiger partial charge >= 0.3 is 0 Å². The molecule has 1 fully saturated rings. The number of nitrogens with zero attached hydrogens (tertiary/aromatic N) is 3. The van der Waals surface area contributed by atoms with E-state index in [0.717, 1.165) is 23.8 Å². The number of amides is 1. The van der Waals surface area contributed by atoms with Gasteiger partial charge in [-0.2, -0.15) is 0 Å². The Morgan fingerprint density at radius 1 is 1.28 bits per heavy atom. The van der Waals surface area contributed by atoms with Gasteiger partial charge in [-0.15, -0.1) is 10.2 Å². The first-order valence-electron chi connectivity index (χ1n) is 8.56. The van der Waals surface area contributed by atoms with E-state index in [-0.39, 0.29) is 11.2 Å². The highest BCUT2D eigenvalue weighted by Crippen LogP contribution is 2.40. The molecule has 1 atom stereocenters. The van der Waals surface area contributed by atoms with E-state index < -0.39 is 0 Å². The number of aromatic nitrogens is 3. The van der Waals surface area contributed by atoms with Crippen molar-refractivity contribution in [3.05, 3.63) is 30.1 Å². The van der Waals surface area contributed by atoms with Crippen LogP contribution in [0.25, 0.3) is 0 Å². The first-order valence-corrected chi connectivity index (χ1v) is 9.44. The van der Waals surface area contributed by atoms with Gasteiger partial charge in [0, 0.05) is 12.0 Å². The Morgan fingerprint density at radius 2 is 2.00 bits per heavy atom. The van der Waals surface area contributed by atoms with Crippen molar-refractivity contribution in [2.75, 3.05) is 12.4 Å². The predicted octanol–water partition coefficient (Wildman–Crippen LogP) is 3.86. The number of hydrogen-bond donors (Lipinski definition) is 1. The molecule has 2 aromatic rings. The van der Waals surface area contributed by atoms with Gasteiger partial charge in [-0.05, 0) is 31.9 Å². The van der Waals surface area contributed by atoms with Gasteiger partial charge in [-0.25, -0.2) is 0 Å². The molecule has 0 saturated heterocycles. The van der Waals surface area contributed by atoms with Crippen molar-refractivity contribution >= 4 is 23.4 Å². The van der Waals surface area contributed by atoms with E-state index in [1.165, 1.54) is 11.8 Å². The SMILES string of the molecule is COc1ccccc1NC(=O)[C@H](C)Sc1nnc(C(C)C)n1C1CC1. The molecule has 25 heavy (non-hydrogen) atoms. The lowest BCUT2D eigenvalue weighted by molar-refractivity contribution is -0.115. The van der Waals surface area contributed by atoms with Gasteiger partial charge in [0.2, 0.25) is 5.91 Å². The molecule has 1 amide bonds. The van der Waals surface area contributed by atoms with Crippen LogP contribution in [0.15, 0.2) is 29.4 Å². The number of methoxy groups -OCH3 is 1. The maximum Gasteiger partial charge on any atom is 0.237 e. The second-order valence-electron chi connectivity index (χ2n) is 6.55. The Balaban J connectivity index is 1.72. The summed E-state index contributed by atoms with van der Waals surface area (Å²) in [5.74, 6) is 1.89. The second kappa shape index (κ2) is 7.47. The highest BCUT2D eigenvalue weighted by Gasteiger charge is 2.31. The number of para-hydroxylation sites is 2. The number of nitrogens with one attached hydrogen (secondary N) is 1. The fourth-order valence-electron chi connectivity index (χ4n) is 2.63. The van der Waals surface area contributed by atoms with Crippen LogP contribution in [0.5, 0.6) is 5.75 Å². The minimum atomic E-state index is -0.286. The molecular formula is C18H24N4O2S. The zero-order valence-electron chi connectivity index (χ0n) is 15.0. The van der Waals surface area contributed by atoms with E-state index in [1.807, 2.05) is 31.2 Å². The molecule has 6 nitrogen and oxygen atoms in total. The quantitative estimate of drug-likeness (QED) is 0.759. The third kappa shape index (κ3) is 3.98. The van der Waals surface area contributed by atoms with Gasteiger partial charge in [-0.3, -0.25) is 4.79 Å². The largest absolute Gasteiger partial charge is 0.495 e. The van der Waals surface area contributed by atoms with Crippen LogP contribution in [-0.2, 0) is 4.79 Å². The third-order valence-corrected chi connectivity index (χ3v) is 5.19. The summed E-state index contributed by atoms with van der Waals surface area (Å²) in [5.41, 5.74) is 0.675. The number of carbonyl (C=O) groups excluding carboxylic acids is 1. The van der Waals surface area contributed by atoms with E-state index in [9.17, 15) is 4.79 Å². The summed E-state index contributed by atoms with van der Waals surface area (Å²) >= 11 is 1.45. The summed E-state index contributed by atoms with van der Waals surface area (Å²) in [5, 5.41) is 12.1. The van der Waals surface area contributed by atoms with Crippen molar-refractivity contribution in [3.8, 4) is 5.75 Å². The molecule has 1 aromatic carbocycles.